The third-order valence-corrected chi connectivity index (χ3v) is 8.63. The highest BCUT2D eigenvalue weighted by Gasteiger charge is 2.48. The normalized spacial score (nSPS) is 23.5. The number of sulfone groups is 1. The van der Waals surface area contributed by atoms with E-state index in [9.17, 15) is 13.2 Å². The molecule has 0 saturated heterocycles. The third-order valence-electron chi connectivity index (χ3n) is 6.62. The molecular formula is C24H38N2O4S. The largest absolute Gasteiger partial charge is 0.496 e. The molecule has 174 valence electrons. The number of pyridine rings is 1. The predicted octanol–water partition coefficient (Wildman–Crippen LogP) is 4.27. The minimum absolute atomic E-state index is 0.0204. The van der Waals surface area contributed by atoms with Crippen molar-refractivity contribution < 1.29 is 17.9 Å². The maximum Gasteiger partial charge on any atom is 0.256 e. The Labute approximate surface area is 187 Å². The van der Waals surface area contributed by atoms with Gasteiger partial charge in [0.05, 0.1) is 18.6 Å². The van der Waals surface area contributed by atoms with E-state index in [0.29, 0.717) is 24.3 Å². The lowest BCUT2D eigenvalue weighted by atomic mass is 9.60. The lowest BCUT2D eigenvalue weighted by Gasteiger charge is -2.48. The highest BCUT2D eigenvalue weighted by atomic mass is 32.2. The Morgan fingerprint density at radius 3 is 2.52 bits per heavy atom. The summed E-state index contributed by atoms with van der Waals surface area (Å²) >= 11 is 0. The van der Waals surface area contributed by atoms with Gasteiger partial charge in [0.15, 0.2) is 9.84 Å². The van der Waals surface area contributed by atoms with E-state index in [1.165, 1.54) is 12.8 Å². The Hall–Kier alpha value is -1.63. The van der Waals surface area contributed by atoms with Gasteiger partial charge in [0.1, 0.15) is 11.3 Å². The molecule has 0 unspecified atom stereocenters. The lowest BCUT2D eigenvalue weighted by Crippen LogP contribution is -2.48. The van der Waals surface area contributed by atoms with E-state index >= 15 is 0 Å². The Morgan fingerprint density at radius 1 is 1.29 bits per heavy atom. The summed E-state index contributed by atoms with van der Waals surface area (Å²) in [6.07, 6.45) is 6.02. The quantitative estimate of drug-likeness (QED) is 0.544. The second kappa shape index (κ2) is 9.47. The summed E-state index contributed by atoms with van der Waals surface area (Å²) in [5.74, 6) is 2.02. The molecule has 1 N–H and O–H groups in total. The molecule has 0 radical (unpaired) electrons. The van der Waals surface area contributed by atoms with Crippen molar-refractivity contribution >= 4 is 15.7 Å². The fraction of sp³-hybridized carbons (Fsp3) is 0.750. The highest BCUT2D eigenvalue weighted by molar-refractivity contribution is 7.91. The van der Waals surface area contributed by atoms with Crippen molar-refractivity contribution in [1.82, 2.24) is 10.3 Å². The molecule has 1 heterocycles. The van der Waals surface area contributed by atoms with Crippen LogP contribution in [-0.2, 0) is 9.84 Å². The zero-order chi connectivity index (χ0) is 22.8. The fourth-order valence-corrected chi connectivity index (χ4v) is 6.93. The summed E-state index contributed by atoms with van der Waals surface area (Å²) in [4.78, 5) is 17.8. The fourth-order valence-electron chi connectivity index (χ4n) is 5.18. The number of methoxy groups -OCH3 is 1. The molecule has 2 fully saturated rings. The van der Waals surface area contributed by atoms with Crippen LogP contribution in [0.3, 0.4) is 0 Å². The minimum Gasteiger partial charge on any atom is -0.496 e. The van der Waals surface area contributed by atoms with Crippen LogP contribution in [-0.4, -0.2) is 44.5 Å². The monoisotopic (exact) mass is 450 g/mol. The molecule has 1 amide bonds. The van der Waals surface area contributed by atoms with E-state index in [2.05, 4.69) is 10.3 Å². The van der Waals surface area contributed by atoms with Crippen LogP contribution in [0.15, 0.2) is 6.07 Å². The first-order valence-electron chi connectivity index (χ1n) is 11.6. The van der Waals surface area contributed by atoms with E-state index in [1.807, 2.05) is 27.7 Å². The van der Waals surface area contributed by atoms with Gasteiger partial charge in [0.2, 0.25) is 0 Å². The van der Waals surface area contributed by atoms with Gasteiger partial charge in [-0.15, -0.1) is 0 Å². The molecular weight excluding hydrogens is 412 g/mol. The number of carbonyl (C=O) groups is 1. The molecule has 0 aromatic carbocycles. The van der Waals surface area contributed by atoms with Crippen molar-refractivity contribution in [3.8, 4) is 5.75 Å². The molecule has 1 aromatic heterocycles. The standard InChI is InChI=1S/C24H38N2O4S/c1-6-9-31(28,29)14-19-12-24(13-19,11-18-7-8-18)15-25-23(27)21-20(30-5)10-17(4)26-22(21)16(2)3/h10,16,18-19H,6-9,11-15H2,1-5H3,(H,25,27). The van der Waals surface area contributed by atoms with Crippen molar-refractivity contribution in [2.75, 3.05) is 25.2 Å². The molecule has 0 spiro atoms. The number of hydrogen-bond acceptors (Lipinski definition) is 5. The molecule has 0 bridgehead atoms. The summed E-state index contributed by atoms with van der Waals surface area (Å²) in [7, 11) is -1.39. The molecule has 31 heavy (non-hydrogen) atoms. The van der Waals surface area contributed by atoms with Crippen LogP contribution in [0.25, 0.3) is 0 Å². The maximum absolute atomic E-state index is 13.2. The van der Waals surface area contributed by atoms with Gasteiger partial charge in [-0.3, -0.25) is 9.78 Å². The van der Waals surface area contributed by atoms with Crippen LogP contribution in [0.2, 0.25) is 0 Å². The van der Waals surface area contributed by atoms with Gasteiger partial charge < -0.3 is 10.1 Å². The zero-order valence-corrected chi connectivity index (χ0v) is 20.5. The summed E-state index contributed by atoms with van der Waals surface area (Å²) in [6, 6.07) is 1.80. The molecule has 1 aromatic rings. The van der Waals surface area contributed by atoms with E-state index < -0.39 is 9.84 Å². The molecule has 0 aliphatic heterocycles. The molecule has 2 aliphatic rings. The Balaban J connectivity index is 1.70. The summed E-state index contributed by atoms with van der Waals surface area (Å²) < 4.78 is 30.0. The number of rotatable bonds is 11. The van der Waals surface area contributed by atoms with Gasteiger partial charge in [-0.2, -0.15) is 0 Å². The van der Waals surface area contributed by atoms with E-state index in [0.717, 1.165) is 36.6 Å². The minimum atomic E-state index is -2.97. The van der Waals surface area contributed by atoms with E-state index in [1.54, 1.807) is 13.2 Å². The first-order chi connectivity index (χ1) is 14.6. The molecule has 7 heteroatoms. The first kappa shape index (κ1) is 24.0. The van der Waals surface area contributed by atoms with Crippen molar-refractivity contribution in [2.24, 2.45) is 17.3 Å². The van der Waals surface area contributed by atoms with Crippen molar-refractivity contribution in [3.63, 3.8) is 0 Å². The van der Waals surface area contributed by atoms with Crippen molar-refractivity contribution in [1.29, 1.82) is 0 Å². The Bertz CT molecular complexity index is 900. The van der Waals surface area contributed by atoms with E-state index in [4.69, 9.17) is 4.74 Å². The van der Waals surface area contributed by atoms with Gasteiger partial charge in [0, 0.05) is 24.1 Å². The number of hydrogen-bond donors (Lipinski definition) is 1. The molecule has 2 saturated carbocycles. The Kier molecular flexibility index (Phi) is 7.34. The second-order valence-corrected chi connectivity index (χ2v) is 12.3. The summed E-state index contributed by atoms with van der Waals surface area (Å²) in [5, 5.41) is 3.16. The average molecular weight is 451 g/mol. The van der Waals surface area contributed by atoms with Crippen LogP contribution >= 0.6 is 0 Å². The number of nitrogens with one attached hydrogen (secondary N) is 1. The molecule has 3 rings (SSSR count). The van der Waals surface area contributed by atoms with Crippen molar-refractivity contribution in [3.05, 3.63) is 23.0 Å². The Morgan fingerprint density at radius 2 is 1.97 bits per heavy atom. The predicted molar refractivity (Wildman–Crippen MR) is 123 cm³/mol. The first-order valence-corrected chi connectivity index (χ1v) is 13.4. The molecule has 6 nitrogen and oxygen atoms in total. The second-order valence-electron chi connectivity index (χ2n) is 10.1. The number of aryl methyl sites for hydroxylation is 1. The topological polar surface area (TPSA) is 85.4 Å². The molecule has 0 atom stereocenters. The van der Waals surface area contributed by atoms with Crippen molar-refractivity contribution in [2.45, 2.75) is 72.1 Å². The van der Waals surface area contributed by atoms with Gasteiger partial charge in [-0.1, -0.05) is 33.6 Å². The zero-order valence-electron chi connectivity index (χ0n) is 19.7. The lowest BCUT2D eigenvalue weighted by molar-refractivity contribution is 0.0474. The van der Waals surface area contributed by atoms with Crippen LogP contribution in [0, 0.1) is 24.2 Å². The maximum atomic E-state index is 13.2. The summed E-state index contributed by atoms with van der Waals surface area (Å²) in [6.45, 7) is 8.45. The highest BCUT2D eigenvalue weighted by Crippen LogP contribution is 2.54. The van der Waals surface area contributed by atoms with Gasteiger partial charge in [0.25, 0.3) is 5.91 Å². The average Bonchev–Trinajstić information content (AvgIpc) is 3.47. The number of amides is 1. The van der Waals surface area contributed by atoms with Gasteiger partial charge in [-0.25, -0.2) is 8.42 Å². The number of ether oxygens (including phenoxy) is 1. The molecule has 2 aliphatic carbocycles. The number of carbonyl (C=O) groups excluding carboxylic acids is 1. The van der Waals surface area contributed by atoms with Crippen LogP contribution in [0.1, 0.15) is 87.0 Å². The van der Waals surface area contributed by atoms with Crippen LogP contribution < -0.4 is 10.1 Å². The third kappa shape index (κ3) is 5.99. The van der Waals surface area contributed by atoms with Gasteiger partial charge >= 0.3 is 0 Å². The van der Waals surface area contributed by atoms with Crippen LogP contribution in [0.5, 0.6) is 5.75 Å². The number of nitrogens with zero attached hydrogens (tertiary/aromatic N) is 1. The SMILES string of the molecule is CCCS(=O)(=O)CC1CC(CNC(=O)c2c(OC)cc(C)nc2C(C)C)(CC2CC2)C1. The number of aromatic nitrogens is 1. The smallest absolute Gasteiger partial charge is 0.256 e. The van der Waals surface area contributed by atoms with Crippen LogP contribution in [0.4, 0.5) is 0 Å². The van der Waals surface area contributed by atoms with Gasteiger partial charge in [-0.05, 0) is 55.8 Å². The van der Waals surface area contributed by atoms with E-state index in [-0.39, 0.29) is 34.7 Å². The summed E-state index contributed by atoms with van der Waals surface area (Å²) in [5.41, 5.74) is 2.12.